The first-order chi connectivity index (χ1) is 14.2. The molecular weight excluding hydrogens is 366 g/mol. The summed E-state index contributed by atoms with van der Waals surface area (Å²) in [5.74, 6) is 0.456. The van der Waals surface area contributed by atoms with Crippen molar-refractivity contribution >= 4 is 17.4 Å². The quantitative estimate of drug-likeness (QED) is 0.695. The lowest BCUT2D eigenvalue weighted by molar-refractivity contribution is 0.102. The van der Waals surface area contributed by atoms with Gasteiger partial charge in [0.1, 0.15) is 12.0 Å². The van der Waals surface area contributed by atoms with Crippen LogP contribution in [0.4, 0.5) is 11.5 Å². The third kappa shape index (κ3) is 4.11. The van der Waals surface area contributed by atoms with E-state index in [1.807, 2.05) is 6.92 Å². The van der Waals surface area contributed by atoms with Crippen LogP contribution in [0, 0.1) is 6.92 Å². The Morgan fingerprint density at radius 2 is 1.86 bits per heavy atom. The van der Waals surface area contributed by atoms with Crippen LogP contribution in [0.1, 0.15) is 47.1 Å². The zero-order chi connectivity index (χ0) is 20.2. The fourth-order valence-electron chi connectivity index (χ4n) is 3.55. The Labute approximate surface area is 170 Å². The van der Waals surface area contributed by atoms with Gasteiger partial charge in [0, 0.05) is 13.1 Å². The van der Waals surface area contributed by atoms with Crippen molar-refractivity contribution in [2.24, 2.45) is 0 Å². The predicted molar refractivity (Wildman–Crippen MR) is 111 cm³/mol. The van der Waals surface area contributed by atoms with Crippen molar-refractivity contribution in [2.75, 3.05) is 23.3 Å². The van der Waals surface area contributed by atoms with Crippen LogP contribution in [0.25, 0.3) is 0 Å². The molecule has 0 saturated carbocycles. The van der Waals surface area contributed by atoms with Crippen molar-refractivity contribution in [3.05, 3.63) is 59.3 Å². The molecule has 0 spiro atoms. The van der Waals surface area contributed by atoms with Crippen molar-refractivity contribution in [1.82, 2.24) is 25.0 Å². The smallest absolute Gasteiger partial charge is 0.278 e. The highest BCUT2D eigenvalue weighted by molar-refractivity contribution is 6.04. The molecule has 1 amide bonds. The second kappa shape index (κ2) is 8.38. The Balaban J connectivity index is 1.50. The number of rotatable bonds is 6. The average Bonchev–Trinajstić information content (AvgIpc) is 3.40. The Kier molecular flexibility index (Phi) is 5.50. The lowest BCUT2D eigenvalue weighted by Gasteiger charge is -2.19. The minimum absolute atomic E-state index is 0.301. The Morgan fingerprint density at radius 1 is 1.14 bits per heavy atom. The van der Waals surface area contributed by atoms with Gasteiger partial charge in [-0.2, -0.15) is 0 Å². The Morgan fingerprint density at radius 3 is 2.59 bits per heavy atom. The van der Waals surface area contributed by atoms with Crippen molar-refractivity contribution in [1.29, 1.82) is 0 Å². The summed E-state index contributed by atoms with van der Waals surface area (Å²) in [5.41, 5.74) is 4.05. The highest BCUT2D eigenvalue weighted by Gasteiger charge is 2.21. The fourth-order valence-corrected chi connectivity index (χ4v) is 3.55. The van der Waals surface area contributed by atoms with Crippen LogP contribution in [0.5, 0.6) is 0 Å². The summed E-state index contributed by atoms with van der Waals surface area (Å²) in [6, 6.07) is 8.40. The van der Waals surface area contributed by atoms with E-state index in [1.54, 1.807) is 10.9 Å². The zero-order valence-corrected chi connectivity index (χ0v) is 16.8. The number of benzene rings is 1. The first-order valence-electron chi connectivity index (χ1n) is 10.00. The number of aromatic nitrogens is 5. The van der Waals surface area contributed by atoms with Gasteiger partial charge in [-0.05, 0) is 37.3 Å². The molecular formula is C21H25N7O. The minimum atomic E-state index is -0.301. The van der Waals surface area contributed by atoms with E-state index in [-0.39, 0.29) is 5.91 Å². The maximum Gasteiger partial charge on any atom is 0.278 e. The number of carbonyl (C=O) groups excluding carboxylic acids is 1. The molecule has 0 aliphatic carbocycles. The van der Waals surface area contributed by atoms with E-state index >= 15 is 0 Å². The molecule has 150 valence electrons. The van der Waals surface area contributed by atoms with E-state index in [1.165, 1.54) is 11.9 Å². The summed E-state index contributed by atoms with van der Waals surface area (Å²) < 4.78 is 1.75. The highest BCUT2D eigenvalue weighted by atomic mass is 16.2. The minimum Gasteiger partial charge on any atom is -0.355 e. The average molecular weight is 391 g/mol. The Hall–Kier alpha value is -3.29. The summed E-state index contributed by atoms with van der Waals surface area (Å²) in [5, 5.41) is 11.2. The van der Waals surface area contributed by atoms with Gasteiger partial charge >= 0.3 is 0 Å². The number of anilines is 2. The largest absolute Gasteiger partial charge is 0.355 e. The summed E-state index contributed by atoms with van der Waals surface area (Å²) in [4.78, 5) is 23.4. The second-order valence-corrected chi connectivity index (χ2v) is 7.26. The van der Waals surface area contributed by atoms with Crippen LogP contribution >= 0.6 is 0 Å². The van der Waals surface area contributed by atoms with Crippen LogP contribution in [0.3, 0.4) is 0 Å². The van der Waals surface area contributed by atoms with E-state index in [4.69, 9.17) is 0 Å². The van der Waals surface area contributed by atoms with Crippen LogP contribution in [-0.4, -0.2) is 44.0 Å². The van der Waals surface area contributed by atoms with Gasteiger partial charge in [-0.15, -0.1) is 5.10 Å². The van der Waals surface area contributed by atoms with Gasteiger partial charge in [-0.3, -0.25) is 4.79 Å². The maximum atomic E-state index is 12.9. The molecule has 1 aliphatic heterocycles. The number of nitrogens with one attached hydrogen (secondary N) is 1. The van der Waals surface area contributed by atoms with Gasteiger partial charge < -0.3 is 10.2 Å². The SMILES string of the molecule is CCc1ccc(Cn2nnc(C(=O)Nc3cncnc3N3CCCC3)c2C)cc1. The summed E-state index contributed by atoms with van der Waals surface area (Å²) in [7, 11) is 0. The van der Waals surface area contributed by atoms with Crippen molar-refractivity contribution < 1.29 is 4.79 Å². The predicted octanol–water partition coefficient (Wildman–Crippen LogP) is 2.84. The molecule has 4 rings (SSSR count). The number of nitrogens with zero attached hydrogens (tertiary/aromatic N) is 6. The summed E-state index contributed by atoms with van der Waals surface area (Å²) in [6.45, 7) is 6.44. The molecule has 1 aliphatic rings. The molecule has 1 saturated heterocycles. The number of carbonyl (C=O) groups is 1. The van der Waals surface area contributed by atoms with Crippen molar-refractivity contribution in [2.45, 2.75) is 39.7 Å². The zero-order valence-electron chi connectivity index (χ0n) is 16.8. The van der Waals surface area contributed by atoms with Gasteiger partial charge in [-0.25, -0.2) is 14.6 Å². The third-order valence-electron chi connectivity index (χ3n) is 5.31. The van der Waals surface area contributed by atoms with Gasteiger partial charge in [0.25, 0.3) is 5.91 Å². The lowest BCUT2D eigenvalue weighted by Crippen LogP contribution is -2.23. The first-order valence-corrected chi connectivity index (χ1v) is 10.00. The topological polar surface area (TPSA) is 88.8 Å². The molecule has 0 bridgehead atoms. The molecule has 3 heterocycles. The first kappa shape index (κ1) is 19.0. The third-order valence-corrected chi connectivity index (χ3v) is 5.31. The molecule has 8 nitrogen and oxygen atoms in total. The molecule has 1 aromatic carbocycles. The number of hydrogen-bond acceptors (Lipinski definition) is 6. The molecule has 2 aromatic heterocycles. The number of hydrogen-bond donors (Lipinski definition) is 1. The normalized spacial score (nSPS) is 13.7. The number of aryl methyl sites for hydroxylation is 1. The van der Waals surface area contributed by atoms with E-state index in [9.17, 15) is 4.79 Å². The van der Waals surface area contributed by atoms with E-state index in [0.29, 0.717) is 17.9 Å². The van der Waals surface area contributed by atoms with Crippen molar-refractivity contribution in [3.8, 4) is 0 Å². The highest BCUT2D eigenvalue weighted by Crippen LogP contribution is 2.25. The standard InChI is InChI=1S/C21H25N7O/c1-3-16-6-8-17(9-7-16)13-28-15(2)19(25-26-28)21(29)24-18-12-22-14-23-20(18)27-10-4-5-11-27/h6-9,12,14H,3-5,10-11,13H2,1-2H3,(H,24,29). The maximum absolute atomic E-state index is 12.9. The van der Waals surface area contributed by atoms with Gasteiger partial charge in [-0.1, -0.05) is 36.4 Å². The molecule has 0 atom stereocenters. The molecule has 29 heavy (non-hydrogen) atoms. The lowest BCUT2D eigenvalue weighted by atomic mass is 10.1. The van der Waals surface area contributed by atoms with E-state index < -0.39 is 0 Å². The van der Waals surface area contributed by atoms with Crippen LogP contribution in [-0.2, 0) is 13.0 Å². The van der Waals surface area contributed by atoms with Crippen LogP contribution < -0.4 is 10.2 Å². The molecule has 3 aromatic rings. The molecule has 1 N–H and O–H groups in total. The molecule has 1 fully saturated rings. The van der Waals surface area contributed by atoms with Crippen LogP contribution in [0.2, 0.25) is 0 Å². The monoisotopic (exact) mass is 391 g/mol. The Bertz CT molecular complexity index is 991. The van der Waals surface area contributed by atoms with Gasteiger partial charge in [0.2, 0.25) is 0 Å². The molecule has 8 heteroatoms. The van der Waals surface area contributed by atoms with E-state index in [0.717, 1.165) is 49.4 Å². The molecule has 0 radical (unpaired) electrons. The number of amides is 1. The van der Waals surface area contributed by atoms with Gasteiger partial charge in [0.15, 0.2) is 11.5 Å². The summed E-state index contributed by atoms with van der Waals surface area (Å²) >= 11 is 0. The van der Waals surface area contributed by atoms with Crippen molar-refractivity contribution in [3.63, 3.8) is 0 Å². The van der Waals surface area contributed by atoms with E-state index in [2.05, 4.69) is 61.7 Å². The molecule has 0 unspecified atom stereocenters. The summed E-state index contributed by atoms with van der Waals surface area (Å²) in [6.07, 6.45) is 6.41. The van der Waals surface area contributed by atoms with Gasteiger partial charge in [0.05, 0.1) is 18.4 Å². The second-order valence-electron chi connectivity index (χ2n) is 7.26. The fraction of sp³-hybridized carbons (Fsp3) is 0.381. The van der Waals surface area contributed by atoms with Crippen LogP contribution in [0.15, 0.2) is 36.8 Å².